The first-order valence-corrected chi connectivity index (χ1v) is 7.38. The van der Waals surface area contributed by atoms with Gasteiger partial charge in [-0.1, -0.05) is 26.0 Å². The zero-order valence-corrected chi connectivity index (χ0v) is 13.4. The molecule has 0 fully saturated rings. The van der Waals surface area contributed by atoms with E-state index in [9.17, 15) is 4.79 Å². The van der Waals surface area contributed by atoms with Gasteiger partial charge in [-0.25, -0.2) is 0 Å². The minimum atomic E-state index is -0.427. The van der Waals surface area contributed by atoms with E-state index in [1.165, 1.54) is 0 Å². The molecule has 7 heteroatoms. The summed E-state index contributed by atoms with van der Waals surface area (Å²) in [6.07, 6.45) is 0. The summed E-state index contributed by atoms with van der Waals surface area (Å²) in [6, 6.07) is 7.16. The van der Waals surface area contributed by atoms with Gasteiger partial charge in [0.25, 0.3) is 0 Å². The number of nitrogens with zero attached hydrogens (tertiary/aromatic N) is 2. The van der Waals surface area contributed by atoms with Crippen LogP contribution in [0.5, 0.6) is 0 Å². The monoisotopic (exact) mass is 352 g/mol. The van der Waals surface area contributed by atoms with Gasteiger partial charge in [-0.15, -0.1) is 10.2 Å². The number of carbonyl (C=O) groups is 1. The topological polar surface area (TPSA) is 94.0 Å². The van der Waals surface area contributed by atoms with Gasteiger partial charge in [0.2, 0.25) is 17.7 Å². The summed E-state index contributed by atoms with van der Waals surface area (Å²) in [5, 5.41) is 11.0. The van der Waals surface area contributed by atoms with Crippen LogP contribution in [0.15, 0.2) is 33.2 Å². The number of nitrogens with two attached hydrogens (primary N) is 1. The van der Waals surface area contributed by atoms with Crippen molar-refractivity contribution in [3.8, 4) is 11.5 Å². The van der Waals surface area contributed by atoms with Crippen molar-refractivity contribution in [2.45, 2.75) is 26.4 Å². The SMILES string of the molecule is CC(C)C(NCc1nnc(-c2ccccc2Br)o1)C(N)=O. The summed E-state index contributed by atoms with van der Waals surface area (Å²) in [7, 11) is 0. The molecule has 3 N–H and O–H groups in total. The standard InChI is InChI=1S/C14H17BrN4O2/c1-8(2)12(13(16)20)17-7-11-18-19-14(21-11)9-5-3-4-6-10(9)15/h3-6,8,12,17H,7H2,1-2H3,(H2,16,20). The fourth-order valence-electron chi connectivity index (χ4n) is 1.93. The quantitative estimate of drug-likeness (QED) is 0.829. The van der Waals surface area contributed by atoms with Crippen LogP contribution in [0.3, 0.4) is 0 Å². The highest BCUT2D eigenvalue weighted by Crippen LogP contribution is 2.26. The smallest absolute Gasteiger partial charge is 0.248 e. The number of halogens is 1. The molecule has 1 atom stereocenters. The first-order valence-electron chi connectivity index (χ1n) is 6.59. The molecule has 0 radical (unpaired) electrons. The molecule has 0 saturated carbocycles. The lowest BCUT2D eigenvalue weighted by Crippen LogP contribution is -2.44. The molecule has 0 bridgehead atoms. The van der Waals surface area contributed by atoms with Crippen molar-refractivity contribution in [2.75, 3.05) is 0 Å². The van der Waals surface area contributed by atoms with E-state index in [-0.39, 0.29) is 5.92 Å². The van der Waals surface area contributed by atoms with Crippen LogP contribution < -0.4 is 11.1 Å². The van der Waals surface area contributed by atoms with Crippen molar-refractivity contribution in [1.29, 1.82) is 0 Å². The molecule has 1 unspecified atom stereocenters. The number of hydrogen-bond acceptors (Lipinski definition) is 5. The summed E-state index contributed by atoms with van der Waals surface area (Å²) >= 11 is 3.44. The van der Waals surface area contributed by atoms with Gasteiger partial charge in [0.05, 0.1) is 18.2 Å². The van der Waals surface area contributed by atoms with E-state index in [4.69, 9.17) is 10.2 Å². The van der Waals surface area contributed by atoms with E-state index in [0.717, 1.165) is 10.0 Å². The third-order valence-corrected chi connectivity index (χ3v) is 3.71. The van der Waals surface area contributed by atoms with Gasteiger partial charge in [0.1, 0.15) is 0 Å². The number of amides is 1. The average Bonchev–Trinajstić information content (AvgIpc) is 2.87. The van der Waals surface area contributed by atoms with Crippen molar-refractivity contribution in [3.05, 3.63) is 34.6 Å². The summed E-state index contributed by atoms with van der Waals surface area (Å²) in [5.74, 6) is 0.538. The van der Waals surface area contributed by atoms with E-state index in [1.807, 2.05) is 38.1 Å². The predicted molar refractivity (Wildman–Crippen MR) is 82.1 cm³/mol. The maximum absolute atomic E-state index is 11.3. The highest BCUT2D eigenvalue weighted by molar-refractivity contribution is 9.10. The van der Waals surface area contributed by atoms with Crippen molar-refractivity contribution in [1.82, 2.24) is 15.5 Å². The Balaban J connectivity index is 2.07. The third-order valence-electron chi connectivity index (χ3n) is 3.02. The molecule has 0 aliphatic rings. The van der Waals surface area contributed by atoms with Gasteiger partial charge in [0.15, 0.2) is 0 Å². The van der Waals surface area contributed by atoms with Crippen LogP contribution in [-0.4, -0.2) is 22.1 Å². The average molecular weight is 353 g/mol. The second kappa shape index (κ2) is 6.82. The number of primary amides is 1. The van der Waals surface area contributed by atoms with Gasteiger partial charge in [-0.05, 0) is 34.0 Å². The Bertz CT molecular complexity index is 627. The molecule has 1 heterocycles. The molecule has 0 aliphatic carbocycles. The van der Waals surface area contributed by atoms with E-state index in [2.05, 4.69) is 31.4 Å². The molecule has 21 heavy (non-hydrogen) atoms. The number of hydrogen-bond donors (Lipinski definition) is 2. The Labute approximate surface area is 131 Å². The minimum absolute atomic E-state index is 0.0909. The van der Waals surface area contributed by atoms with Crippen LogP contribution in [0, 0.1) is 5.92 Å². The molecule has 2 aromatic rings. The Kier molecular flexibility index (Phi) is 5.08. The van der Waals surface area contributed by atoms with E-state index in [1.54, 1.807) is 0 Å². The van der Waals surface area contributed by atoms with Gasteiger partial charge >= 0.3 is 0 Å². The highest BCUT2D eigenvalue weighted by atomic mass is 79.9. The summed E-state index contributed by atoms with van der Waals surface area (Å²) < 4.78 is 6.47. The van der Waals surface area contributed by atoms with Crippen molar-refractivity contribution >= 4 is 21.8 Å². The number of benzene rings is 1. The van der Waals surface area contributed by atoms with Gasteiger partial charge < -0.3 is 10.2 Å². The van der Waals surface area contributed by atoms with Crippen LogP contribution >= 0.6 is 15.9 Å². The first kappa shape index (κ1) is 15.7. The Hall–Kier alpha value is -1.73. The Morgan fingerprint density at radius 2 is 2.10 bits per heavy atom. The predicted octanol–water partition coefficient (Wildman–Crippen LogP) is 2.10. The highest BCUT2D eigenvalue weighted by Gasteiger charge is 2.20. The second-order valence-electron chi connectivity index (χ2n) is 4.99. The first-order chi connectivity index (χ1) is 9.99. The van der Waals surface area contributed by atoms with E-state index < -0.39 is 11.9 Å². The maximum atomic E-state index is 11.3. The van der Waals surface area contributed by atoms with Gasteiger partial charge in [-0.3, -0.25) is 10.1 Å². The van der Waals surface area contributed by atoms with E-state index in [0.29, 0.717) is 18.3 Å². The largest absolute Gasteiger partial charge is 0.419 e. The maximum Gasteiger partial charge on any atom is 0.248 e. The van der Waals surface area contributed by atoms with E-state index >= 15 is 0 Å². The molecule has 0 spiro atoms. The lowest BCUT2D eigenvalue weighted by atomic mass is 10.0. The van der Waals surface area contributed by atoms with Crippen molar-refractivity contribution < 1.29 is 9.21 Å². The summed E-state index contributed by atoms with van der Waals surface area (Å²) in [4.78, 5) is 11.3. The van der Waals surface area contributed by atoms with Crippen LogP contribution in [0.1, 0.15) is 19.7 Å². The van der Waals surface area contributed by atoms with Crippen LogP contribution in [0.4, 0.5) is 0 Å². The fourth-order valence-corrected chi connectivity index (χ4v) is 2.39. The number of aromatic nitrogens is 2. The van der Waals surface area contributed by atoms with Crippen LogP contribution in [0.2, 0.25) is 0 Å². The zero-order valence-electron chi connectivity index (χ0n) is 11.8. The van der Waals surface area contributed by atoms with Gasteiger partial charge in [0, 0.05) is 4.47 Å². The second-order valence-corrected chi connectivity index (χ2v) is 5.84. The molecule has 0 saturated heterocycles. The molecule has 1 amide bonds. The molecule has 1 aromatic carbocycles. The van der Waals surface area contributed by atoms with Crippen molar-refractivity contribution in [3.63, 3.8) is 0 Å². The molecule has 1 aromatic heterocycles. The number of carbonyl (C=O) groups excluding carboxylic acids is 1. The molecular weight excluding hydrogens is 336 g/mol. The molecule has 2 rings (SSSR count). The lowest BCUT2D eigenvalue weighted by molar-refractivity contribution is -0.121. The third kappa shape index (κ3) is 3.89. The minimum Gasteiger partial charge on any atom is -0.419 e. The molecular formula is C14H17BrN4O2. The molecule has 6 nitrogen and oxygen atoms in total. The molecule has 0 aliphatic heterocycles. The zero-order chi connectivity index (χ0) is 15.4. The van der Waals surface area contributed by atoms with Crippen LogP contribution in [0.25, 0.3) is 11.5 Å². The fraction of sp³-hybridized carbons (Fsp3) is 0.357. The van der Waals surface area contributed by atoms with Crippen molar-refractivity contribution in [2.24, 2.45) is 11.7 Å². The Morgan fingerprint density at radius 1 is 1.38 bits per heavy atom. The number of rotatable bonds is 6. The lowest BCUT2D eigenvalue weighted by Gasteiger charge is -2.17. The Morgan fingerprint density at radius 3 is 2.71 bits per heavy atom. The number of nitrogens with one attached hydrogen (secondary N) is 1. The van der Waals surface area contributed by atoms with Crippen LogP contribution in [-0.2, 0) is 11.3 Å². The van der Waals surface area contributed by atoms with Gasteiger partial charge in [-0.2, -0.15) is 0 Å². The summed E-state index contributed by atoms with van der Waals surface area (Å²) in [6.45, 7) is 4.13. The molecule has 112 valence electrons. The summed E-state index contributed by atoms with van der Waals surface area (Å²) in [5.41, 5.74) is 6.17. The normalized spacial score (nSPS) is 12.6.